The average molecular weight is 319 g/mol. The van der Waals surface area contributed by atoms with Gasteiger partial charge in [0.05, 0.1) is 25.2 Å². The number of carbonyl (C=O) groups excluding carboxylic acids is 3. The Bertz CT molecular complexity index is 694. The molecule has 0 bridgehead atoms. The topological polar surface area (TPSA) is 93.1 Å². The summed E-state index contributed by atoms with van der Waals surface area (Å²) in [6, 6.07) is 6.54. The van der Waals surface area contributed by atoms with Crippen LogP contribution >= 0.6 is 0 Å². The molecule has 23 heavy (non-hydrogen) atoms. The van der Waals surface area contributed by atoms with E-state index in [4.69, 9.17) is 9.47 Å². The molecule has 0 saturated carbocycles. The van der Waals surface area contributed by atoms with Crippen molar-refractivity contribution in [3.63, 3.8) is 0 Å². The lowest BCUT2D eigenvalue weighted by Gasteiger charge is -2.12. The number of aliphatic hydroxyl groups excluding tert-OH is 1. The molecule has 1 unspecified atom stereocenters. The van der Waals surface area contributed by atoms with Gasteiger partial charge in [-0.25, -0.2) is 4.79 Å². The zero-order valence-corrected chi connectivity index (χ0v) is 13.0. The molecule has 1 aliphatic rings. The Morgan fingerprint density at radius 3 is 2.65 bits per heavy atom. The van der Waals surface area contributed by atoms with Crippen LogP contribution in [0.3, 0.4) is 0 Å². The molecule has 1 aromatic carbocycles. The molecule has 0 radical (unpaired) electrons. The van der Waals surface area contributed by atoms with Gasteiger partial charge >= 0.3 is 5.97 Å². The zero-order chi connectivity index (χ0) is 17.1. The highest BCUT2D eigenvalue weighted by molar-refractivity contribution is 6.19. The van der Waals surface area contributed by atoms with Gasteiger partial charge in [-0.15, -0.1) is 0 Å². The fraction of sp³-hybridized carbons (Fsp3) is 0.312. The maximum Gasteiger partial charge on any atom is 0.373 e. The minimum absolute atomic E-state index is 0.0397. The number of methoxy groups -OCH3 is 1. The summed E-state index contributed by atoms with van der Waals surface area (Å²) in [4.78, 5) is 37.3. The molecule has 2 rings (SSSR count). The summed E-state index contributed by atoms with van der Waals surface area (Å²) in [7, 11) is 2.77. The second kappa shape index (κ2) is 6.51. The summed E-state index contributed by atoms with van der Waals surface area (Å²) in [5.41, 5.74) is 0.155. The molecule has 1 aliphatic heterocycles. The van der Waals surface area contributed by atoms with Crippen molar-refractivity contribution < 1.29 is 29.0 Å². The highest BCUT2D eigenvalue weighted by Gasteiger charge is 2.45. The molecule has 1 fully saturated rings. The van der Waals surface area contributed by atoms with Gasteiger partial charge in [-0.2, -0.15) is 0 Å². The van der Waals surface area contributed by atoms with E-state index in [1.54, 1.807) is 31.2 Å². The number of rotatable bonds is 4. The lowest BCUT2D eigenvalue weighted by Crippen LogP contribution is -2.25. The average Bonchev–Trinajstić information content (AvgIpc) is 2.78. The molecule has 0 aromatic heterocycles. The van der Waals surface area contributed by atoms with Crippen LogP contribution in [0.5, 0.6) is 5.75 Å². The fourth-order valence-electron chi connectivity index (χ4n) is 2.40. The summed E-state index contributed by atoms with van der Waals surface area (Å²) >= 11 is 0. The molecule has 1 atom stereocenters. The lowest BCUT2D eigenvalue weighted by atomic mass is 9.92. The van der Waals surface area contributed by atoms with Crippen molar-refractivity contribution >= 4 is 17.8 Å². The van der Waals surface area contributed by atoms with Gasteiger partial charge in [-0.05, 0) is 24.6 Å². The molecule has 7 nitrogen and oxygen atoms in total. The molecule has 122 valence electrons. The van der Waals surface area contributed by atoms with Gasteiger partial charge in [-0.3, -0.25) is 14.5 Å². The van der Waals surface area contributed by atoms with Crippen LogP contribution < -0.4 is 4.74 Å². The predicted molar refractivity (Wildman–Crippen MR) is 79.8 cm³/mol. The molecule has 1 heterocycles. The van der Waals surface area contributed by atoms with E-state index in [-0.39, 0.29) is 12.2 Å². The fourth-order valence-corrected chi connectivity index (χ4v) is 2.40. The first-order valence-corrected chi connectivity index (χ1v) is 6.98. The maximum atomic E-state index is 12.4. The number of amides is 2. The summed E-state index contributed by atoms with van der Waals surface area (Å²) < 4.78 is 9.82. The number of carbonyl (C=O) groups is 3. The molecule has 0 spiro atoms. The van der Waals surface area contributed by atoms with Crippen LogP contribution in [0.15, 0.2) is 35.6 Å². The Morgan fingerprint density at radius 1 is 1.35 bits per heavy atom. The Hall–Kier alpha value is -2.83. The van der Waals surface area contributed by atoms with Crippen LogP contribution in [0.2, 0.25) is 0 Å². The maximum absolute atomic E-state index is 12.4. The van der Waals surface area contributed by atoms with Crippen molar-refractivity contribution in [2.45, 2.75) is 12.8 Å². The molecule has 0 aliphatic carbocycles. The first-order chi connectivity index (χ1) is 10.9. The molecule has 1 N–H and O–H groups in total. The number of hydrogen-bond acceptors (Lipinski definition) is 6. The van der Waals surface area contributed by atoms with E-state index in [9.17, 15) is 19.5 Å². The van der Waals surface area contributed by atoms with E-state index in [0.717, 1.165) is 4.90 Å². The minimum atomic E-state index is -1.08. The van der Waals surface area contributed by atoms with Gasteiger partial charge in [0.2, 0.25) is 11.7 Å². The van der Waals surface area contributed by atoms with Crippen molar-refractivity contribution in [2.75, 3.05) is 20.8 Å². The third kappa shape index (κ3) is 2.90. The van der Waals surface area contributed by atoms with Crippen LogP contribution in [0.4, 0.5) is 0 Å². The zero-order valence-electron chi connectivity index (χ0n) is 13.0. The van der Waals surface area contributed by atoms with Crippen LogP contribution in [-0.2, 0) is 19.1 Å². The van der Waals surface area contributed by atoms with Gasteiger partial charge in [0, 0.05) is 7.05 Å². The Kier molecular flexibility index (Phi) is 4.68. The predicted octanol–water partition coefficient (Wildman–Crippen LogP) is 1.15. The van der Waals surface area contributed by atoms with E-state index < -0.39 is 29.5 Å². The first kappa shape index (κ1) is 16.5. The number of ether oxygens (including phenoxy) is 2. The number of likely N-dealkylation sites (N-methyl/N-ethyl adjacent to an activating group) is 1. The first-order valence-electron chi connectivity index (χ1n) is 6.98. The van der Waals surface area contributed by atoms with Crippen LogP contribution in [0, 0.1) is 0 Å². The SMILES string of the molecule is CCOC(=O)/C(O)=C1\C(=O)N(C)C(=O)C1c1cccc(OC)c1. The number of likely N-dealkylation sites (tertiary alicyclic amines) is 1. The van der Waals surface area contributed by atoms with E-state index in [2.05, 4.69) is 0 Å². The molecular formula is C16H17NO6. The standard InChI is InChI=1S/C16H17NO6/c1-4-23-16(21)13(18)12-11(14(19)17(2)15(12)20)9-6-5-7-10(8-9)22-3/h5-8,11,18H,4H2,1-3H3/b13-12+. The third-order valence-electron chi connectivity index (χ3n) is 3.55. The Morgan fingerprint density at radius 2 is 2.04 bits per heavy atom. The Labute approximate surface area is 133 Å². The lowest BCUT2D eigenvalue weighted by molar-refractivity contribution is -0.142. The quantitative estimate of drug-likeness (QED) is 0.387. The number of aliphatic hydroxyl groups is 1. The smallest absolute Gasteiger partial charge is 0.373 e. The molecule has 1 saturated heterocycles. The highest BCUT2D eigenvalue weighted by Crippen LogP contribution is 2.36. The summed E-state index contributed by atoms with van der Waals surface area (Å²) in [6.45, 7) is 1.61. The van der Waals surface area contributed by atoms with Gasteiger partial charge in [0.15, 0.2) is 0 Å². The van der Waals surface area contributed by atoms with Crippen molar-refractivity contribution in [3.8, 4) is 5.75 Å². The van der Waals surface area contributed by atoms with Crippen LogP contribution in [0.25, 0.3) is 0 Å². The van der Waals surface area contributed by atoms with E-state index in [0.29, 0.717) is 11.3 Å². The number of esters is 1. The highest BCUT2D eigenvalue weighted by atomic mass is 16.5. The van der Waals surface area contributed by atoms with Gasteiger partial charge in [0.25, 0.3) is 5.91 Å². The number of imide groups is 1. The van der Waals surface area contributed by atoms with E-state index in [1.807, 2.05) is 0 Å². The van der Waals surface area contributed by atoms with Crippen molar-refractivity contribution in [2.24, 2.45) is 0 Å². The molecular weight excluding hydrogens is 302 g/mol. The molecule has 1 aromatic rings. The van der Waals surface area contributed by atoms with Gasteiger partial charge in [-0.1, -0.05) is 12.1 Å². The number of benzene rings is 1. The van der Waals surface area contributed by atoms with Gasteiger partial charge in [0.1, 0.15) is 5.75 Å². The normalized spacial score (nSPS) is 19.8. The second-order valence-electron chi connectivity index (χ2n) is 4.89. The second-order valence-corrected chi connectivity index (χ2v) is 4.89. The molecule has 7 heteroatoms. The summed E-state index contributed by atoms with van der Waals surface area (Å²) in [5.74, 6) is -3.73. The van der Waals surface area contributed by atoms with Crippen molar-refractivity contribution in [3.05, 3.63) is 41.2 Å². The molecule has 2 amide bonds. The van der Waals surface area contributed by atoms with Gasteiger partial charge < -0.3 is 14.6 Å². The van der Waals surface area contributed by atoms with E-state index >= 15 is 0 Å². The van der Waals surface area contributed by atoms with Crippen LogP contribution in [-0.4, -0.2) is 48.6 Å². The largest absolute Gasteiger partial charge is 0.501 e. The third-order valence-corrected chi connectivity index (χ3v) is 3.55. The van der Waals surface area contributed by atoms with Crippen molar-refractivity contribution in [1.29, 1.82) is 0 Å². The summed E-state index contributed by atoms with van der Waals surface area (Å²) in [5, 5.41) is 10.1. The number of nitrogens with zero attached hydrogens (tertiary/aromatic N) is 1. The monoisotopic (exact) mass is 319 g/mol. The van der Waals surface area contributed by atoms with Crippen molar-refractivity contribution in [1.82, 2.24) is 4.90 Å². The summed E-state index contributed by atoms with van der Waals surface area (Å²) in [6.07, 6.45) is 0. The minimum Gasteiger partial charge on any atom is -0.501 e. The number of hydrogen-bond donors (Lipinski definition) is 1. The Balaban J connectivity index is 2.57. The van der Waals surface area contributed by atoms with Crippen LogP contribution in [0.1, 0.15) is 18.4 Å². The van der Waals surface area contributed by atoms with E-state index in [1.165, 1.54) is 14.2 Å².